The van der Waals surface area contributed by atoms with Crippen LogP contribution in [0.2, 0.25) is 5.02 Å². The third-order valence-corrected chi connectivity index (χ3v) is 3.84. The molecule has 0 unspecified atom stereocenters. The molecule has 0 aromatic heterocycles. The van der Waals surface area contributed by atoms with E-state index in [0.717, 1.165) is 4.47 Å². The van der Waals surface area contributed by atoms with Crippen LogP contribution in [0.5, 0.6) is 0 Å². The maximum atomic E-state index is 11.9. The Morgan fingerprint density at radius 1 is 1.45 bits per heavy atom. The number of anilines is 1. The number of rotatable bonds is 5. The van der Waals surface area contributed by atoms with E-state index in [1.165, 1.54) is 13.2 Å². The van der Waals surface area contributed by atoms with Gasteiger partial charge in [-0.1, -0.05) is 40.2 Å². The zero-order valence-electron chi connectivity index (χ0n) is 12.7. The third kappa shape index (κ3) is 4.39. The molecule has 0 atom stereocenters. The second-order valence-corrected chi connectivity index (χ2v) is 5.86. The first-order valence-corrected chi connectivity index (χ1v) is 7.59. The minimum Gasteiger partial charge on any atom is -0.465 e. The van der Waals surface area contributed by atoms with Crippen LogP contribution >= 0.6 is 27.5 Å². The lowest BCUT2D eigenvalue weighted by atomic mass is 10.1. The Morgan fingerprint density at radius 3 is 2.55 bits per heavy atom. The van der Waals surface area contributed by atoms with Crippen molar-refractivity contribution in [2.75, 3.05) is 12.4 Å². The average Bonchev–Trinajstić information content (AvgIpc) is 2.47. The number of hydrogen-bond donors (Lipinski definition) is 2. The quantitative estimate of drug-likeness (QED) is 0.448. The Bertz CT molecular complexity index is 662. The molecule has 0 aliphatic rings. The third-order valence-electron chi connectivity index (χ3n) is 3.04. The maximum absolute atomic E-state index is 11.9. The highest BCUT2D eigenvalue weighted by atomic mass is 79.9. The first kappa shape index (κ1) is 18.3. The topological polar surface area (TPSA) is 64.3 Å². The first-order chi connectivity index (χ1) is 10.3. The summed E-state index contributed by atoms with van der Waals surface area (Å²) in [5.74, 6) is -0.508. The highest BCUT2D eigenvalue weighted by Gasteiger charge is 2.17. The summed E-state index contributed by atoms with van der Waals surface area (Å²) in [7, 11) is 1.31. The summed E-state index contributed by atoms with van der Waals surface area (Å²) in [6, 6.07) is 5.39. The summed E-state index contributed by atoms with van der Waals surface area (Å²) in [6.45, 7) is 7.22. The molecule has 0 aliphatic heterocycles. The van der Waals surface area contributed by atoms with Gasteiger partial charge in [0.25, 0.3) is 0 Å². The highest BCUT2D eigenvalue weighted by Crippen LogP contribution is 2.29. The predicted molar refractivity (Wildman–Crippen MR) is 94.6 cm³/mol. The molecule has 0 bridgehead atoms. The van der Waals surface area contributed by atoms with Crippen molar-refractivity contribution in [3.8, 4) is 0 Å². The van der Waals surface area contributed by atoms with E-state index in [2.05, 4.69) is 27.8 Å². The van der Waals surface area contributed by atoms with Crippen molar-refractivity contribution >= 4 is 39.2 Å². The highest BCUT2D eigenvalue weighted by molar-refractivity contribution is 9.10. The van der Waals surface area contributed by atoms with Crippen LogP contribution in [0.25, 0.3) is 0 Å². The molecule has 1 rings (SSSR count). The number of carbonyl (C=O) groups excluding carboxylic acids is 1. The van der Waals surface area contributed by atoms with Crippen molar-refractivity contribution in [1.29, 1.82) is 0 Å². The molecule has 1 aromatic rings. The number of benzene rings is 1. The lowest BCUT2D eigenvalue weighted by Gasteiger charge is -2.17. The van der Waals surface area contributed by atoms with Crippen LogP contribution in [0.1, 0.15) is 13.8 Å². The van der Waals surface area contributed by atoms with Gasteiger partial charge in [-0.25, -0.2) is 4.79 Å². The maximum Gasteiger partial charge on any atom is 0.339 e. The van der Waals surface area contributed by atoms with Gasteiger partial charge in [0.2, 0.25) is 0 Å². The number of carbonyl (C=O) groups is 1. The second-order valence-electron chi connectivity index (χ2n) is 4.54. The van der Waals surface area contributed by atoms with Crippen molar-refractivity contribution in [2.24, 2.45) is 5.73 Å². The van der Waals surface area contributed by atoms with E-state index in [1.54, 1.807) is 26.0 Å². The van der Waals surface area contributed by atoms with Crippen molar-refractivity contribution in [2.45, 2.75) is 13.8 Å². The number of allylic oxidation sites excluding steroid dienone is 2. The van der Waals surface area contributed by atoms with Gasteiger partial charge in [0.1, 0.15) is 0 Å². The van der Waals surface area contributed by atoms with Crippen molar-refractivity contribution in [3.63, 3.8) is 0 Å². The summed E-state index contributed by atoms with van der Waals surface area (Å²) < 4.78 is 5.64. The Morgan fingerprint density at radius 2 is 2.09 bits per heavy atom. The van der Waals surface area contributed by atoms with Crippen LogP contribution in [0.15, 0.2) is 57.9 Å². The minimum absolute atomic E-state index is 0.281. The van der Waals surface area contributed by atoms with Crippen molar-refractivity contribution < 1.29 is 9.53 Å². The molecule has 22 heavy (non-hydrogen) atoms. The molecular weight excluding hydrogens is 368 g/mol. The number of hydrogen-bond acceptors (Lipinski definition) is 4. The summed E-state index contributed by atoms with van der Waals surface area (Å²) in [4.78, 5) is 11.9. The number of methoxy groups -OCH3 is 1. The number of ether oxygens (including phenoxy) is 1. The number of esters is 1. The van der Waals surface area contributed by atoms with Gasteiger partial charge < -0.3 is 15.8 Å². The fourth-order valence-electron chi connectivity index (χ4n) is 1.68. The lowest BCUT2D eigenvalue weighted by Crippen LogP contribution is -2.14. The minimum atomic E-state index is -0.508. The molecule has 118 valence electrons. The van der Waals surface area contributed by atoms with E-state index in [1.807, 2.05) is 6.07 Å². The first-order valence-electron chi connectivity index (χ1n) is 6.42. The van der Waals surface area contributed by atoms with E-state index in [-0.39, 0.29) is 5.57 Å². The van der Waals surface area contributed by atoms with Crippen LogP contribution in [-0.2, 0) is 9.53 Å². The molecule has 3 N–H and O–H groups in total. The lowest BCUT2D eigenvalue weighted by molar-refractivity contribution is -0.135. The van der Waals surface area contributed by atoms with Gasteiger partial charge in [-0.05, 0) is 37.6 Å². The van der Waals surface area contributed by atoms with E-state index in [0.29, 0.717) is 27.7 Å². The average molecular weight is 386 g/mol. The molecule has 6 heteroatoms. The molecule has 0 saturated heterocycles. The van der Waals surface area contributed by atoms with Crippen molar-refractivity contribution in [1.82, 2.24) is 0 Å². The van der Waals surface area contributed by atoms with E-state index < -0.39 is 5.97 Å². The Hall–Kier alpha value is -1.72. The van der Waals surface area contributed by atoms with E-state index >= 15 is 0 Å². The molecule has 0 saturated carbocycles. The van der Waals surface area contributed by atoms with Crippen LogP contribution in [0.4, 0.5) is 5.69 Å². The van der Waals surface area contributed by atoms with Gasteiger partial charge in [0, 0.05) is 10.2 Å². The molecule has 4 nitrogen and oxygen atoms in total. The largest absolute Gasteiger partial charge is 0.465 e. The summed E-state index contributed by atoms with van der Waals surface area (Å²) in [6.07, 6.45) is 1.42. The molecule has 0 radical (unpaired) electrons. The zero-order chi connectivity index (χ0) is 16.9. The normalized spacial score (nSPS) is 13.0. The standard InChI is InChI=1S/C16H18BrClN2O2/c1-5-12(16(21)22-4)15(9(2)10(3)19)20-14-7-6-11(17)8-13(14)18/h5-8,20H,1,19H2,2-4H3/b10-9+,15-12-. The fourth-order valence-corrected chi connectivity index (χ4v) is 2.40. The summed E-state index contributed by atoms with van der Waals surface area (Å²) >= 11 is 9.56. The Balaban J connectivity index is 3.46. The monoisotopic (exact) mass is 384 g/mol. The van der Waals surface area contributed by atoms with Gasteiger partial charge in [-0.2, -0.15) is 0 Å². The Kier molecular flexibility index (Phi) is 6.71. The van der Waals surface area contributed by atoms with Gasteiger partial charge in [0.15, 0.2) is 0 Å². The number of nitrogens with two attached hydrogens (primary N) is 1. The summed E-state index contributed by atoms with van der Waals surface area (Å²) in [5.41, 5.74) is 8.57. The second kappa shape index (κ2) is 8.06. The molecule has 1 aromatic carbocycles. The molecule has 0 fully saturated rings. The summed E-state index contributed by atoms with van der Waals surface area (Å²) in [5, 5.41) is 3.64. The van der Waals surface area contributed by atoms with Crippen LogP contribution in [-0.4, -0.2) is 13.1 Å². The Labute approximate surface area is 143 Å². The van der Waals surface area contributed by atoms with E-state index in [4.69, 9.17) is 22.1 Å². The van der Waals surface area contributed by atoms with Crippen LogP contribution in [0, 0.1) is 0 Å². The predicted octanol–water partition coefficient (Wildman–Crippen LogP) is 4.38. The number of halogens is 2. The smallest absolute Gasteiger partial charge is 0.339 e. The molecule has 0 spiro atoms. The fraction of sp³-hybridized carbons (Fsp3) is 0.188. The molecule has 0 aliphatic carbocycles. The zero-order valence-corrected chi connectivity index (χ0v) is 15.0. The SMILES string of the molecule is C=C/C(C(=O)OC)=C(Nc1ccc(Br)cc1Cl)\C(C)=C(/C)N. The van der Waals surface area contributed by atoms with Gasteiger partial charge in [-0.3, -0.25) is 0 Å². The molecular formula is C16H18BrClN2O2. The number of nitrogens with one attached hydrogen (secondary N) is 1. The van der Waals surface area contributed by atoms with E-state index in [9.17, 15) is 4.79 Å². The van der Waals surface area contributed by atoms with Gasteiger partial charge in [-0.15, -0.1) is 0 Å². The van der Waals surface area contributed by atoms with Gasteiger partial charge >= 0.3 is 5.97 Å². The van der Waals surface area contributed by atoms with Crippen LogP contribution in [0.3, 0.4) is 0 Å². The molecule has 0 amide bonds. The van der Waals surface area contributed by atoms with Crippen molar-refractivity contribution in [3.05, 3.63) is 62.9 Å². The van der Waals surface area contributed by atoms with Crippen LogP contribution < -0.4 is 11.1 Å². The molecule has 0 heterocycles. The van der Waals surface area contributed by atoms with Gasteiger partial charge in [0.05, 0.1) is 29.1 Å².